The van der Waals surface area contributed by atoms with Gasteiger partial charge in [0.25, 0.3) is 0 Å². The molecule has 1 atom stereocenters. The molecule has 1 aliphatic carbocycles. The first-order valence-electron chi connectivity index (χ1n) is 9.98. The average Bonchev–Trinajstić information content (AvgIpc) is 3.18. The van der Waals surface area contributed by atoms with Crippen LogP contribution in [0.3, 0.4) is 0 Å². The lowest BCUT2D eigenvalue weighted by Crippen LogP contribution is -2.42. The summed E-state index contributed by atoms with van der Waals surface area (Å²) in [6.45, 7) is 7.23. The molecule has 3 heterocycles. The van der Waals surface area contributed by atoms with E-state index < -0.39 is 0 Å². The summed E-state index contributed by atoms with van der Waals surface area (Å²) in [4.78, 5) is 29.0. The van der Waals surface area contributed by atoms with Gasteiger partial charge in [-0.1, -0.05) is 6.92 Å². The number of aryl methyl sites for hydroxylation is 1. The van der Waals surface area contributed by atoms with Crippen LogP contribution in [0, 0.1) is 5.92 Å². The van der Waals surface area contributed by atoms with Crippen LogP contribution in [0.15, 0.2) is 6.07 Å². The van der Waals surface area contributed by atoms with E-state index in [1.165, 1.54) is 0 Å². The molecule has 7 nitrogen and oxygen atoms in total. The van der Waals surface area contributed by atoms with Gasteiger partial charge in [0.15, 0.2) is 0 Å². The zero-order valence-electron chi connectivity index (χ0n) is 15.6. The van der Waals surface area contributed by atoms with E-state index in [2.05, 4.69) is 28.3 Å². The molecule has 1 saturated heterocycles. The maximum atomic E-state index is 12.8. The van der Waals surface area contributed by atoms with Gasteiger partial charge in [0, 0.05) is 32.0 Å². The van der Waals surface area contributed by atoms with Crippen LogP contribution in [0.2, 0.25) is 0 Å². The Balaban J connectivity index is 1.31. The van der Waals surface area contributed by atoms with Crippen molar-refractivity contribution in [2.45, 2.75) is 58.2 Å². The van der Waals surface area contributed by atoms with E-state index in [0.29, 0.717) is 31.3 Å². The number of hydrogen-bond donors (Lipinski definition) is 1. The molecule has 0 bridgehead atoms. The number of nitrogens with zero attached hydrogens (tertiary/aromatic N) is 4. The van der Waals surface area contributed by atoms with Crippen molar-refractivity contribution >= 4 is 11.8 Å². The average molecular weight is 359 g/mol. The molecule has 2 fully saturated rings. The van der Waals surface area contributed by atoms with Crippen LogP contribution >= 0.6 is 0 Å². The maximum absolute atomic E-state index is 12.8. The molecular weight excluding hydrogens is 330 g/mol. The van der Waals surface area contributed by atoms with Crippen LogP contribution in [-0.4, -0.2) is 63.6 Å². The maximum Gasteiger partial charge on any atom is 0.227 e. The molecule has 7 heteroatoms. The van der Waals surface area contributed by atoms with Gasteiger partial charge in [-0.25, -0.2) is 0 Å². The lowest BCUT2D eigenvalue weighted by molar-refractivity contribution is -0.136. The third-order valence-electron chi connectivity index (χ3n) is 5.78. The Morgan fingerprint density at radius 3 is 2.81 bits per heavy atom. The van der Waals surface area contributed by atoms with Crippen LogP contribution in [0.25, 0.3) is 0 Å². The van der Waals surface area contributed by atoms with Crippen LogP contribution < -0.4 is 5.32 Å². The van der Waals surface area contributed by atoms with Gasteiger partial charge >= 0.3 is 0 Å². The lowest BCUT2D eigenvalue weighted by atomic mass is 10.1. The first-order chi connectivity index (χ1) is 12.6. The highest BCUT2D eigenvalue weighted by atomic mass is 16.2. The van der Waals surface area contributed by atoms with E-state index in [1.54, 1.807) is 0 Å². The van der Waals surface area contributed by atoms with Crippen molar-refractivity contribution in [1.29, 1.82) is 0 Å². The number of hydrogen-bond acceptors (Lipinski definition) is 4. The zero-order valence-corrected chi connectivity index (χ0v) is 15.6. The van der Waals surface area contributed by atoms with Gasteiger partial charge in [-0.3, -0.25) is 14.3 Å². The Morgan fingerprint density at radius 2 is 2.08 bits per heavy atom. The van der Waals surface area contributed by atoms with Crippen LogP contribution in [0.5, 0.6) is 0 Å². The van der Waals surface area contributed by atoms with Crippen LogP contribution in [0.1, 0.15) is 44.0 Å². The standard InChI is InChI=1S/C19H29N5O2/c1-2-22-8-7-14(12-22)19(26)23-9-10-24-17(13-23)11-16(21-24)5-6-18(25)20-15-3-4-15/h11,14-15H,2-10,12-13H2,1H3,(H,20,25)/t14-/m1/s1. The Bertz CT molecular complexity index is 681. The van der Waals surface area contributed by atoms with Crippen LogP contribution in [-0.2, 0) is 29.1 Å². The third kappa shape index (κ3) is 3.92. The summed E-state index contributed by atoms with van der Waals surface area (Å²) in [5.41, 5.74) is 2.05. The zero-order chi connectivity index (χ0) is 18.1. The summed E-state index contributed by atoms with van der Waals surface area (Å²) in [5.74, 6) is 0.561. The molecule has 0 radical (unpaired) electrons. The predicted octanol–water partition coefficient (Wildman–Crippen LogP) is 0.778. The number of amides is 2. The molecule has 142 valence electrons. The highest BCUT2D eigenvalue weighted by Crippen LogP contribution is 2.22. The van der Waals surface area contributed by atoms with Crippen molar-refractivity contribution in [2.24, 2.45) is 5.92 Å². The van der Waals surface area contributed by atoms with E-state index in [9.17, 15) is 9.59 Å². The van der Waals surface area contributed by atoms with Crippen LogP contribution in [0.4, 0.5) is 0 Å². The molecule has 0 aromatic carbocycles. The van der Waals surface area contributed by atoms with Crippen molar-refractivity contribution in [3.8, 4) is 0 Å². The second kappa shape index (κ2) is 7.39. The first-order valence-corrected chi connectivity index (χ1v) is 9.98. The normalized spacial score (nSPS) is 23.1. The van der Waals surface area contributed by atoms with Crippen molar-refractivity contribution in [3.63, 3.8) is 0 Å². The SMILES string of the molecule is CCN1CC[C@@H](C(=O)N2CCn3nc(CCC(=O)NC4CC4)cc3C2)C1. The number of aromatic nitrogens is 2. The largest absolute Gasteiger partial charge is 0.353 e. The van der Waals surface area contributed by atoms with Gasteiger partial charge in [-0.05, 0) is 38.4 Å². The predicted molar refractivity (Wildman–Crippen MR) is 97.4 cm³/mol. The lowest BCUT2D eigenvalue weighted by Gasteiger charge is -2.29. The highest BCUT2D eigenvalue weighted by molar-refractivity contribution is 5.79. The summed E-state index contributed by atoms with van der Waals surface area (Å²) in [7, 11) is 0. The number of fused-ring (bicyclic) bond motifs is 1. The summed E-state index contributed by atoms with van der Waals surface area (Å²) >= 11 is 0. The van der Waals surface area contributed by atoms with E-state index in [-0.39, 0.29) is 11.8 Å². The molecule has 26 heavy (non-hydrogen) atoms. The number of likely N-dealkylation sites (tertiary alicyclic amines) is 1. The number of rotatable bonds is 6. The minimum Gasteiger partial charge on any atom is -0.353 e. The summed E-state index contributed by atoms with van der Waals surface area (Å²) in [6, 6.07) is 2.48. The fourth-order valence-corrected chi connectivity index (χ4v) is 3.98. The molecule has 0 unspecified atom stereocenters. The van der Waals surface area contributed by atoms with Crippen molar-refractivity contribution < 1.29 is 9.59 Å². The minimum atomic E-state index is 0.122. The summed E-state index contributed by atoms with van der Waals surface area (Å²) in [5, 5.41) is 7.64. The smallest absolute Gasteiger partial charge is 0.227 e. The molecule has 1 aromatic heterocycles. The number of carbonyl (C=O) groups is 2. The monoisotopic (exact) mass is 359 g/mol. The fourth-order valence-electron chi connectivity index (χ4n) is 3.98. The molecule has 3 aliphatic rings. The molecular formula is C19H29N5O2. The number of nitrogens with one attached hydrogen (secondary N) is 1. The highest BCUT2D eigenvalue weighted by Gasteiger charge is 2.32. The molecule has 1 aromatic rings. The first kappa shape index (κ1) is 17.5. The second-order valence-corrected chi connectivity index (χ2v) is 7.83. The van der Waals surface area contributed by atoms with Gasteiger partial charge in [-0.2, -0.15) is 5.10 Å². The Kier molecular flexibility index (Phi) is 4.98. The van der Waals surface area contributed by atoms with Gasteiger partial charge in [0.2, 0.25) is 11.8 Å². The van der Waals surface area contributed by atoms with Gasteiger partial charge in [0.05, 0.1) is 30.4 Å². The molecule has 2 amide bonds. The van der Waals surface area contributed by atoms with Gasteiger partial charge < -0.3 is 15.1 Å². The summed E-state index contributed by atoms with van der Waals surface area (Å²) < 4.78 is 2.00. The second-order valence-electron chi connectivity index (χ2n) is 7.83. The van der Waals surface area contributed by atoms with Crippen molar-refractivity contribution in [2.75, 3.05) is 26.2 Å². The molecule has 2 aliphatic heterocycles. The Labute approximate surface area is 154 Å². The van der Waals surface area contributed by atoms with Gasteiger partial charge in [-0.15, -0.1) is 0 Å². The minimum absolute atomic E-state index is 0.122. The molecule has 0 spiro atoms. The molecule has 1 saturated carbocycles. The van der Waals surface area contributed by atoms with Gasteiger partial charge in [0.1, 0.15) is 0 Å². The molecule has 4 rings (SSSR count). The fraction of sp³-hybridized carbons (Fsp3) is 0.737. The van der Waals surface area contributed by atoms with Crippen molar-refractivity contribution in [3.05, 3.63) is 17.5 Å². The molecule has 1 N–H and O–H groups in total. The van der Waals surface area contributed by atoms with E-state index in [4.69, 9.17) is 0 Å². The third-order valence-corrected chi connectivity index (χ3v) is 5.78. The summed E-state index contributed by atoms with van der Waals surface area (Å²) in [6.07, 6.45) is 4.37. The Morgan fingerprint density at radius 1 is 1.23 bits per heavy atom. The number of carbonyl (C=O) groups excluding carboxylic acids is 2. The van der Waals surface area contributed by atoms with E-state index >= 15 is 0 Å². The Hall–Kier alpha value is -1.89. The van der Waals surface area contributed by atoms with E-state index in [0.717, 1.165) is 63.4 Å². The topological polar surface area (TPSA) is 70.5 Å². The van der Waals surface area contributed by atoms with E-state index in [1.807, 2.05) is 9.58 Å². The van der Waals surface area contributed by atoms with Crippen molar-refractivity contribution in [1.82, 2.24) is 24.9 Å². The quantitative estimate of drug-likeness (QED) is 0.815.